The largest absolute Gasteiger partial charge is 0.456 e. The van der Waals surface area contributed by atoms with Crippen molar-refractivity contribution in [3.63, 3.8) is 0 Å². The lowest BCUT2D eigenvalue weighted by molar-refractivity contribution is -0.136. The first-order valence-electron chi connectivity index (χ1n) is 8.86. The topological polar surface area (TPSA) is 87.4 Å². The van der Waals surface area contributed by atoms with Gasteiger partial charge in [-0.25, -0.2) is 9.59 Å². The maximum Gasteiger partial charge on any atom is 0.390 e. The van der Waals surface area contributed by atoms with E-state index in [2.05, 4.69) is 0 Å². The fraction of sp³-hybridized carbons (Fsp3) is 0.556. The van der Waals surface area contributed by atoms with Gasteiger partial charge in [-0.15, -0.1) is 11.3 Å². The molecule has 0 unspecified atom stereocenters. The van der Waals surface area contributed by atoms with E-state index in [9.17, 15) is 32.3 Å². The first-order chi connectivity index (χ1) is 13.3. The van der Waals surface area contributed by atoms with Crippen molar-refractivity contribution in [1.82, 2.24) is 9.13 Å². The lowest BCUT2D eigenvalue weighted by atomic mass is 10.1. The molecule has 0 bridgehead atoms. The maximum atomic E-state index is 12.8. The molecule has 0 aliphatic rings. The summed E-state index contributed by atoms with van der Waals surface area (Å²) in [6, 6.07) is 0. The molecule has 0 saturated heterocycles. The van der Waals surface area contributed by atoms with Crippen molar-refractivity contribution in [2.75, 3.05) is 0 Å². The molecule has 7 nitrogen and oxygen atoms in total. The Morgan fingerprint density at radius 2 is 1.76 bits per heavy atom. The summed E-state index contributed by atoms with van der Waals surface area (Å²) in [5, 5.41) is -0.249. The molecule has 0 atom stereocenters. The molecule has 0 saturated carbocycles. The van der Waals surface area contributed by atoms with Crippen molar-refractivity contribution < 1.29 is 27.5 Å². The predicted molar refractivity (Wildman–Crippen MR) is 102 cm³/mol. The van der Waals surface area contributed by atoms with Crippen LogP contribution in [0.5, 0.6) is 0 Å². The Morgan fingerprint density at radius 1 is 1.14 bits per heavy atom. The molecule has 0 amide bonds. The van der Waals surface area contributed by atoms with E-state index in [4.69, 9.17) is 4.74 Å². The van der Waals surface area contributed by atoms with Gasteiger partial charge in [-0.1, -0.05) is 6.92 Å². The monoisotopic (exact) mass is 434 g/mol. The number of alkyl halides is 3. The van der Waals surface area contributed by atoms with Crippen LogP contribution in [-0.2, 0) is 17.8 Å². The number of hydrogen-bond acceptors (Lipinski definition) is 6. The number of ether oxygens (including phenoxy) is 1. The van der Waals surface area contributed by atoms with Gasteiger partial charge in [-0.3, -0.25) is 18.7 Å². The third kappa shape index (κ3) is 4.95. The molecule has 0 N–H and O–H groups in total. The zero-order valence-corrected chi connectivity index (χ0v) is 17.2. The lowest BCUT2D eigenvalue weighted by Gasteiger charge is -2.18. The van der Waals surface area contributed by atoms with E-state index in [1.165, 1.54) is 0 Å². The van der Waals surface area contributed by atoms with Crippen molar-refractivity contribution in [2.45, 2.75) is 65.4 Å². The van der Waals surface area contributed by atoms with Crippen LogP contribution in [0.2, 0.25) is 0 Å². The molecule has 2 heterocycles. The number of aromatic nitrogens is 2. The van der Waals surface area contributed by atoms with Crippen molar-refractivity contribution >= 4 is 33.8 Å². The van der Waals surface area contributed by atoms with Crippen LogP contribution in [0.15, 0.2) is 9.59 Å². The third-order valence-corrected chi connectivity index (χ3v) is 5.07. The molecular formula is C18H21F3N2O5S. The fourth-order valence-electron chi connectivity index (χ4n) is 2.73. The van der Waals surface area contributed by atoms with Crippen LogP contribution >= 0.6 is 11.3 Å². The van der Waals surface area contributed by atoms with Crippen LogP contribution in [0.3, 0.4) is 0 Å². The lowest BCUT2D eigenvalue weighted by Crippen LogP contribution is -2.40. The number of thiophene rings is 1. The van der Waals surface area contributed by atoms with E-state index in [1.807, 2.05) is 0 Å². The molecule has 2 rings (SSSR count). The SMILES string of the molecule is CCCn1c(=O)c2c(C=O)c(C(=O)OC(C)(C)C)sc2n(CCC(F)(F)F)c1=O. The van der Waals surface area contributed by atoms with E-state index < -0.39 is 42.0 Å². The van der Waals surface area contributed by atoms with E-state index in [0.29, 0.717) is 17.8 Å². The number of rotatable bonds is 6. The van der Waals surface area contributed by atoms with Gasteiger partial charge in [0.15, 0.2) is 6.29 Å². The smallest absolute Gasteiger partial charge is 0.390 e. The van der Waals surface area contributed by atoms with Crippen LogP contribution in [0.4, 0.5) is 13.2 Å². The normalized spacial score (nSPS) is 12.4. The number of aryl methyl sites for hydroxylation is 1. The number of aldehydes is 1. The van der Waals surface area contributed by atoms with E-state index in [1.54, 1.807) is 27.7 Å². The molecule has 0 aliphatic carbocycles. The van der Waals surface area contributed by atoms with E-state index in [-0.39, 0.29) is 33.5 Å². The maximum absolute atomic E-state index is 12.8. The standard InChI is InChI=1S/C18H21F3N2O5S/c1-5-7-22-13(25)11-10(9-24)12(15(26)28-17(2,3)4)29-14(11)23(16(22)27)8-6-18(19,20)21/h9H,5-8H2,1-4H3. The molecule has 0 spiro atoms. The van der Waals surface area contributed by atoms with Crippen LogP contribution in [0.1, 0.15) is 60.6 Å². The van der Waals surface area contributed by atoms with Gasteiger partial charge in [0, 0.05) is 13.1 Å². The first kappa shape index (κ1) is 22.9. The fourth-order valence-corrected chi connectivity index (χ4v) is 3.89. The quantitative estimate of drug-likeness (QED) is 0.514. The summed E-state index contributed by atoms with van der Waals surface area (Å²) in [5.74, 6) is -0.892. The van der Waals surface area contributed by atoms with Crippen molar-refractivity contribution in [3.05, 3.63) is 31.3 Å². The molecule has 0 radical (unpaired) electrons. The second-order valence-corrected chi connectivity index (χ2v) is 8.40. The zero-order chi connectivity index (χ0) is 22.1. The van der Waals surface area contributed by atoms with Crippen molar-refractivity contribution in [2.24, 2.45) is 0 Å². The Labute approximate surface area is 167 Å². The Morgan fingerprint density at radius 3 is 2.24 bits per heavy atom. The highest BCUT2D eigenvalue weighted by atomic mass is 32.1. The van der Waals surface area contributed by atoms with Gasteiger partial charge in [0.05, 0.1) is 17.4 Å². The number of halogens is 3. The number of esters is 1. The molecule has 0 fully saturated rings. The Balaban J connectivity index is 2.84. The highest BCUT2D eigenvalue weighted by Gasteiger charge is 2.31. The Kier molecular flexibility index (Phi) is 6.41. The summed E-state index contributed by atoms with van der Waals surface area (Å²) in [5.41, 5.74) is -2.91. The van der Waals surface area contributed by atoms with Gasteiger partial charge in [-0.05, 0) is 27.2 Å². The molecule has 0 aliphatic heterocycles. The summed E-state index contributed by atoms with van der Waals surface area (Å²) < 4.78 is 45.1. The van der Waals surface area contributed by atoms with E-state index in [0.717, 1.165) is 9.13 Å². The highest BCUT2D eigenvalue weighted by Crippen LogP contribution is 2.30. The summed E-state index contributed by atoms with van der Waals surface area (Å²) >= 11 is 0.606. The first-order valence-corrected chi connectivity index (χ1v) is 9.67. The molecule has 2 aromatic rings. The summed E-state index contributed by atoms with van der Waals surface area (Å²) in [6.07, 6.45) is -5.17. The summed E-state index contributed by atoms with van der Waals surface area (Å²) in [4.78, 5) is 49.3. The molecule has 11 heteroatoms. The van der Waals surface area contributed by atoms with Crippen molar-refractivity contribution in [1.29, 1.82) is 0 Å². The van der Waals surface area contributed by atoms with Gasteiger partial charge in [0.1, 0.15) is 15.3 Å². The molecule has 2 aromatic heterocycles. The van der Waals surface area contributed by atoms with Gasteiger partial charge in [0.25, 0.3) is 5.56 Å². The summed E-state index contributed by atoms with van der Waals surface area (Å²) in [6.45, 7) is 5.73. The number of nitrogens with zero attached hydrogens (tertiary/aromatic N) is 2. The molecule has 29 heavy (non-hydrogen) atoms. The van der Waals surface area contributed by atoms with Crippen LogP contribution < -0.4 is 11.2 Å². The Bertz CT molecular complexity index is 1060. The van der Waals surface area contributed by atoms with Crippen LogP contribution in [-0.4, -0.2) is 33.2 Å². The van der Waals surface area contributed by atoms with Gasteiger partial charge < -0.3 is 4.74 Å². The molecule has 160 valence electrons. The second kappa shape index (κ2) is 8.13. The average molecular weight is 434 g/mol. The molecule has 0 aromatic carbocycles. The number of hydrogen-bond donors (Lipinski definition) is 0. The minimum atomic E-state index is -4.53. The highest BCUT2D eigenvalue weighted by molar-refractivity contribution is 7.20. The third-order valence-electron chi connectivity index (χ3n) is 3.86. The average Bonchev–Trinajstić information content (AvgIpc) is 2.95. The second-order valence-electron chi connectivity index (χ2n) is 7.40. The van der Waals surface area contributed by atoms with Gasteiger partial charge >= 0.3 is 17.8 Å². The number of carbonyl (C=O) groups excluding carboxylic acids is 2. The zero-order valence-electron chi connectivity index (χ0n) is 16.4. The van der Waals surface area contributed by atoms with Crippen LogP contribution in [0.25, 0.3) is 10.2 Å². The Hall–Kier alpha value is -2.43. The van der Waals surface area contributed by atoms with Gasteiger partial charge in [0.2, 0.25) is 0 Å². The van der Waals surface area contributed by atoms with Crippen molar-refractivity contribution in [3.8, 4) is 0 Å². The minimum absolute atomic E-state index is 0.0322. The van der Waals surface area contributed by atoms with Gasteiger partial charge in [-0.2, -0.15) is 13.2 Å². The molecular weight excluding hydrogens is 413 g/mol. The number of carbonyl (C=O) groups is 2. The minimum Gasteiger partial charge on any atom is -0.456 e. The number of fused-ring (bicyclic) bond motifs is 1. The summed E-state index contributed by atoms with van der Waals surface area (Å²) in [7, 11) is 0. The predicted octanol–water partition coefficient (Wildman–Crippen LogP) is 3.35. The van der Waals surface area contributed by atoms with E-state index >= 15 is 0 Å². The van der Waals surface area contributed by atoms with Crippen LogP contribution in [0, 0.1) is 0 Å².